The maximum atomic E-state index is 12.1. The highest BCUT2D eigenvalue weighted by Crippen LogP contribution is 2.15. The highest BCUT2D eigenvalue weighted by atomic mass is 32.2. The van der Waals surface area contributed by atoms with Crippen molar-refractivity contribution in [3.8, 4) is 0 Å². The molecule has 0 bridgehead atoms. The molecule has 1 rings (SSSR count). The Morgan fingerprint density at radius 1 is 1.26 bits per heavy atom. The topological polar surface area (TPSA) is 66.4 Å². The molecule has 2 N–H and O–H groups in total. The van der Waals surface area contributed by atoms with Crippen molar-refractivity contribution >= 4 is 10.0 Å². The Balaban J connectivity index is 2.78. The van der Waals surface area contributed by atoms with Gasteiger partial charge in [-0.2, -0.15) is 0 Å². The Hall–Kier alpha value is -0.910. The molecule has 0 saturated heterocycles. The van der Waals surface area contributed by atoms with Gasteiger partial charge < -0.3 is 5.11 Å². The van der Waals surface area contributed by atoms with Crippen LogP contribution in [-0.4, -0.2) is 26.7 Å². The van der Waals surface area contributed by atoms with Crippen molar-refractivity contribution in [2.45, 2.75) is 38.5 Å². The van der Waals surface area contributed by atoms with Crippen LogP contribution in [0.4, 0.5) is 0 Å². The van der Waals surface area contributed by atoms with Gasteiger partial charge in [0.25, 0.3) is 0 Å². The van der Waals surface area contributed by atoms with E-state index in [1.807, 2.05) is 26.8 Å². The molecule has 5 heteroatoms. The first-order valence-corrected chi connectivity index (χ1v) is 8.06. The van der Waals surface area contributed by atoms with Gasteiger partial charge in [0.05, 0.1) is 4.90 Å². The standard InChI is InChI=1S/C14H23NO3S/c1-4-13(7-8-16)10-15-19(17,18)14-6-5-11(2)12(3)9-14/h5-6,9,13,15-16H,4,7-8,10H2,1-3H3. The van der Waals surface area contributed by atoms with Crippen LogP contribution in [0.15, 0.2) is 23.1 Å². The third-order valence-electron chi connectivity index (χ3n) is 3.47. The highest BCUT2D eigenvalue weighted by Gasteiger charge is 2.16. The third-order valence-corrected chi connectivity index (χ3v) is 4.89. The van der Waals surface area contributed by atoms with Crippen LogP contribution in [0, 0.1) is 19.8 Å². The SMILES string of the molecule is CCC(CCO)CNS(=O)(=O)c1ccc(C)c(C)c1. The van der Waals surface area contributed by atoms with Crippen molar-refractivity contribution in [2.24, 2.45) is 5.92 Å². The second kappa shape index (κ2) is 7.03. The Bertz CT molecular complexity index is 511. The van der Waals surface area contributed by atoms with Crippen LogP contribution in [0.5, 0.6) is 0 Å². The lowest BCUT2D eigenvalue weighted by atomic mass is 10.0. The largest absolute Gasteiger partial charge is 0.396 e. The van der Waals surface area contributed by atoms with Gasteiger partial charge in [-0.25, -0.2) is 13.1 Å². The van der Waals surface area contributed by atoms with E-state index in [1.54, 1.807) is 12.1 Å². The molecule has 0 spiro atoms. The summed E-state index contributed by atoms with van der Waals surface area (Å²) in [6.45, 7) is 6.29. The van der Waals surface area contributed by atoms with Crippen LogP contribution in [0.1, 0.15) is 30.9 Å². The molecule has 0 aliphatic heterocycles. The molecule has 0 heterocycles. The van der Waals surface area contributed by atoms with E-state index < -0.39 is 10.0 Å². The monoisotopic (exact) mass is 285 g/mol. The predicted molar refractivity (Wildman–Crippen MR) is 76.6 cm³/mol. The van der Waals surface area contributed by atoms with Crippen molar-refractivity contribution in [2.75, 3.05) is 13.2 Å². The summed E-state index contributed by atoms with van der Waals surface area (Å²) in [6.07, 6.45) is 1.46. The fourth-order valence-electron chi connectivity index (χ4n) is 1.83. The summed E-state index contributed by atoms with van der Waals surface area (Å²) in [4.78, 5) is 0.300. The van der Waals surface area contributed by atoms with Crippen LogP contribution >= 0.6 is 0 Å². The molecule has 0 aromatic heterocycles. The molecule has 0 radical (unpaired) electrons. The van der Waals surface area contributed by atoms with E-state index in [0.29, 0.717) is 17.9 Å². The van der Waals surface area contributed by atoms with Gasteiger partial charge in [-0.1, -0.05) is 19.4 Å². The smallest absolute Gasteiger partial charge is 0.240 e. The number of nitrogens with one attached hydrogen (secondary N) is 1. The number of rotatable bonds is 7. The molecule has 0 fully saturated rings. The molecule has 0 aliphatic carbocycles. The summed E-state index contributed by atoms with van der Waals surface area (Å²) in [6, 6.07) is 5.12. The number of sulfonamides is 1. The highest BCUT2D eigenvalue weighted by molar-refractivity contribution is 7.89. The first-order valence-electron chi connectivity index (χ1n) is 6.58. The van der Waals surface area contributed by atoms with Crippen molar-refractivity contribution in [3.63, 3.8) is 0 Å². The zero-order valence-electron chi connectivity index (χ0n) is 11.8. The van der Waals surface area contributed by atoms with E-state index in [1.165, 1.54) is 0 Å². The van der Waals surface area contributed by atoms with Crippen molar-refractivity contribution in [1.82, 2.24) is 4.72 Å². The maximum absolute atomic E-state index is 12.1. The molecule has 4 nitrogen and oxygen atoms in total. The number of aliphatic hydroxyl groups is 1. The molecular weight excluding hydrogens is 262 g/mol. The summed E-state index contributed by atoms with van der Waals surface area (Å²) < 4.78 is 26.9. The number of benzene rings is 1. The molecule has 1 atom stereocenters. The molecular formula is C14H23NO3S. The summed E-state index contributed by atoms with van der Waals surface area (Å²) >= 11 is 0. The zero-order chi connectivity index (χ0) is 14.5. The van der Waals surface area contributed by atoms with Gasteiger partial charge in [0.15, 0.2) is 0 Å². The Kier molecular flexibility index (Phi) is 5.97. The first-order chi connectivity index (χ1) is 8.90. The molecule has 1 unspecified atom stereocenters. The van der Waals surface area contributed by atoms with Crippen LogP contribution in [-0.2, 0) is 10.0 Å². The van der Waals surface area contributed by atoms with Crippen LogP contribution < -0.4 is 4.72 Å². The molecule has 1 aromatic rings. The normalized spacial score (nSPS) is 13.5. The van der Waals surface area contributed by atoms with Gasteiger partial charge in [0, 0.05) is 13.2 Å². The van der Waals surface area contributed by atoms with Gasteiger partial charge in [-0.05, 0) is 49.4 Å². The van der Waals surface area contributed by atoms with E-state index in [0.717, 1.165) is 17.5 Å². The van der Waals surface area contributed by atoms with Crippen molar-refractivity contribution < 1.29 is 13.5 Å². The lowest BCUT2D eigenvalue weighted by Gasteiger charge is -2.15. The minimum Gasteiger partial charge on any atom is -0.396 e. The zero-order valence-corrected chi connectivity index (χ0v) is 12.6. The lowest BCUT2D eigenvalue weighted by Crippen LogP contribution is -2.29. The fraction of sp³-hybridized carbons (Fsp3) is 0.571. The summed E-state index contributed by atoms with van der Waals surface area (Å²) in [5.74, 6) is 0.173. The number of aryl methyl sites for hydroxylation is 2. The number of aliphatic hydroxyl groups excluding tert-OH is 1. The third kappa shape index (κ3) is 4.60. The lowest BCUT2D eigenvalue weighted by molar-refractivity contribution is 0.254. The summed E-state index contributed by atoms with van der Waals surface area (Å²) in [7, 11) is -3.45. The Morgan fingerprint density at radius 3 is 2.47 bits per heavy atom. The van der Waals surface area contributed by atoms with E-state index in [4.69, 9.17) is 5.11 Å². The molecule has 19 heavy (non-hydrogen) atoms. The average Bonchev–Trinajstić information content (AvgIpc) is 2.37. The molecule has 0 saturated carbocycles. The molecule has 108 valence electrons. The Morgan fingerprint density at radius 2 is 1.95 bits per heavy atom. The minimum atomic E-state index is -3.45. The van der Waals surface area contributed by atoms with E-state index in [2.05, 4.69) is 4.72 Å². The van der Waals surface area contributed by atoms with Crippen LogP contribution in [0.3, 0.4) is 0 Å². The maximum Gasteiger partial charge on any atom is 0.240 e. The van der Waals surface area contributed by atoms with Crippen molar-refractivity contribution in [3.05, 3.63) is 29.3 Å². The molecule has 0 amide bonds. The number of hydrogen-bond acceptors (Lipinski definition) is 3. The summed E-state index contributed by atoms with van der Waals surface area (Å²) in [5.41, 5.74) is 2.04. The van der Waals surface area contributed by atoms with Gasteiger partial charge >= 0.3 is 0 Å². The second-order valence-corrected chi connectivity index (χ2v) is 6.65. The van der Waals surface area contributed by atoms with Crippen molar-refractivity contribution in [1.29, 1.82) is 0 Å². The second-order valence-electron chi connectivity index (χ2n) is 4.88. The fourth-order valence-corrected chi connectivity index (χ4v) is 3.03. The van der Waals surface area contributed by atoms with Gasteiger partial charge in [0.2, 0.25) is 10.0 Å². The quantitative estimate of drug-likeness (QED) is 0.805. The molecule has 0 aliphatic rings. The summed E-state index contributed by atoms with van der Waals surface area (Å²) in [5, 5.41) is 8.90. The van der Waals surface area contributed by atoms with Crippen LogP contribution in [0.2, 0.25) is 0 Å². The first kappa shape index (κ1) is 16.1. The molecule has 1 aromatic carbocycles. The number of hydrogen-bond donors (Lipinski definition) is 2. The van der Waals surface area contributed by atoms with Gasteiger partial charge in [-0.3, -0.25) is 0 Å². The predicted octanol–water partition coefficient (Wildman–Crippen LogP) is 1.99. The Labute approximate surface area is 115 Å². The van der Waals surface area contributed by atoms with E-state index in [-0.39, 0.29) is 12.5 Å². The van der Waals surface area contributed by atoms with E-state index in [9.17, 15) is 8.42 Å². The average molecular weight is 285 g/mol. The van der Waals surface area contributed by atoms with Crippen LogP contribution in [0.25, 0.3) is 0 Å². The van der Waals surface area contributed by atoms with Gasteiger partial charge in [0.1, 0.15) is 0 Å². The minimum absolute atomic E-state index is 0.0872. The van der Waals surface area contributed by atoms with Gasteiger partial charge in [-0.15, -0.1) is 0 Å². The van der Waals surface area contributed by atoms with E-state index >= 15 is 0 Å².